The number of hydrogen-bond acceptors (Lipinski definition) is 3. The number of carbonyl (C=O) groups excluding carboxylic acids is 3. The van der Waals surface area contributed by atoms with E-state index in [1.54, 1.807) is 12.1 Å². The Balaban J connectivity index is 1.29. The minimum atomic E-state index is -0.669. The molecule has 6 aliphatic rings. The number of nitrogens with zero attached hydrogens (tertiary/aromatic N) is 2. The number of rotatable bonds is 6. The highest BCUT2D eigenvalue weighted by Gasteiger charge is 2.57. The molecule has 5 nitrogen and oxygen atoms in total. The van der Waals surface area contributed by atoms with Crippen LogP contribution in [0, 0.1) is 23.2 Å². The van der Waals surface area contributed by atoms with E-state index in [4.69, 9.17) is 0 Å². The van der Waals surface area contributed by atoms with E-state index in [1.165, 1.54) is 42.6 Å². The van der Waals surface area contributed by atoms with Gasteiger partial charge in [0.15, 0.2) is 0 Å². The van der Waals surface area contributed by atoms with Crippen molar-refractivity contribution >= 4 is 23.4 Å². The SMILES string of the molecule is O=C1CC(N(CCC2=CCCCC2)C(=O)C23CC4CC(CC(C4)C2)C3)C(=O)N1c1ccccc1. The van der Waals surface area contributed by atoms with Crippen molar-refractivity contribution in [3.05, 3.63) is 42.0 Å². The fraction of sp³-hybridized carbons (Fsp3) is 0.621. The summed E-state index contributed by atoms with van der Waals surface area (Å²) in [5.74, 6) is 1.75. The Bertz CT molecular complexity index is 978. The van der Waals surface area contributed by atoms with Gasteiger partial charge in [0.25, 0.3) is 5.91 Å². The van der Waals surface area contributed by atoms with Gasteiger partial charge in [-0.1, -0.05) is 29.8 Å². The molecule has 1 saturated heterocycles. The maximum Gasteiger partial charge on any atom is 0.257 e. The molecular weight excluding hydrogens is 424 g/mol. The van der Waals surface area contributed by atoms with Crippen molar-refractivity contribution in [3.63, 3.8) is 0 Å². The number of allylic oxidation sites excluding steroid dienone is 1. The zero-order chi connectivity index (χ0) is 23.3. The summed E-state index contributed by atoms with van der Waals surface area (Å²) < 4.78 is 0. The molecule has 180 valence electrons. The average molecular weight is 461 g/mol. The van der Waals surface area contributed by atoms with E-state index in [-0.39, 0.29) is 29.6 Å². The third-order valence-corrected chi connectivity index (χ3v) is 9.33. The van der Waals surface area contributed by atoms with Gasteiger partial charge in [-0.25, -0.2) is 4.90 Å². The second kappa shape index (κ2) is 8.66. The Morgan fingerprint density at radius 2 is 1.65 bits per heavy atom. The van der Waals surface area contributed by atoms with Crippen molar-refractivity contribution in [3.8, 4) is 0 Å². The highest BCUT2D eigenvalue weighted by Crippen LogP contribution is 2.60. The van der Waals surface area contributed by atoms with Gasteiger partial charge in [-0.15, -0.1) is 0 Å². The summed E-state index contributed by atoms with van der Waals surface area (Å²) in [6.45, 7) is 0.554. The lowest BCUT2D eigenvalue weighted by molar-refractivity contribution is -0.161. The van der Waals surface area contributed by atoms with E-state index in [2.05, 4.69) is 6.08 Å². The van der Waals surface area contributed by atoms with Crippen molar-refractivity contribution in [2.45, 2.75) is 83.1 Å². The zero-order valence-electron chi connectivity index (χ0n) is 20.1. The average Bonchev–Trinajstić information content (AvgIpc) is 3.13. The quantitative estimate of drug-likeness (QED) is 0.430. The largest absolute Gasteiger partial charge is 0.329 e. The van der Waals surface area contributed by atoms with Gasteiger partial charge in [-0.05, 0) is 101 Å². The third kappa shape index (κ3) is 3.81. The lowest BCUT2D eigenvalue weighted by atomic mass is 9.49. The number of anilines is 1. The number of para-hydroxylation sites is 1. The van der Waals surface area contributed by atoms with Crippen LogP contribution in [0.4, 0.5) is 5.69 Å². The van der Waals surface area contributed by atoms with Gasteiger partial charge in [0.05, 0.1) is 17.5 Å². The molecular formula is C29H36N2O3. The van der Waals surface area contributed by atoms with Crippen molar-refractivity contribution in [2.75, 3.05) is 11.4 Å². The highest BCUT2D eigenvalue weighted by molar-refractivity contribution is 6.23. The molecule has 5 heteroatoms. The molecule has 0 spiro atoms. The van der Waals surface area contributed by atoms with Crippen LogP contribution in [0.15, 0.2) is 42.0 Å². The molecule has 1 unspecified atom stereocenters. The third-order valence-electron chi connectivity index (χ3n) is 9.33. The first-order valence-corrected chi connectivity index (χ1v) is 13.4. The fourth-order valence-corrected chi connectivity index (χ4v) is 8.18. The second-order valence-electron chi connectivity index (χ2n) is 11.7. The molecule has 1 aliphatic heterocycles. The first-order chi connectivity index (χ1) is 16.5. The molecule has 4 saturated carbocycles. The summed E-state index contributed by atoms with van der Waals surface area (Å²) in [5.41, 5.74) is 1.71. The second-order valence-corrected chi connectivity index (χ2v) is 11.7. The molecule has 3 amide bonds. The molecule has 1 heterocycles. The molecule has 4 bridgehead atoms. The van der Waals surface area contributed by atoms with E-state index in [0.717, 1.165) is 38.5 Å². The van der Waals surface area contributed by atoms with Crippen LogP contribution in [0.5, 0.6) is 0 Å². The van der Waals surface area contributed by atoms with Gasteiger partial charge in [-0.2, -0.15) is 0 Å². The monoisotopic (exact) mass is 460 g/mol. The Morgan fingerprint density at radius 1 is 0.971 bits per heavy atom. The summed E-state index contributed by atoms with van der Waals surface area (Å²) in [6.07, 6.45) is 14.7. The molecule has 5 fully saturated rings. The molecule has 34 heavy (non-hydrogen) atoms. The molecule has 5 aliphatic carbocycles. The normalized spacial score (nSPS) is 34.5. The lowest BCUT2D eigenvalue weighted by Gasteiger charge is -2.57. The minimum absolute atomic E-state index is 0.102. The van der Waals surface area contributed by atoms with Gasteiger partial charge in [-0.3, -0.25) is 14.4 Å². The fourth-order valence-electron chi connectivity index (χ4n) is 8.18. The Hall–Kier alpha value is -2.43. The summed E-state index contributed by atoms with van der Waals surface area (Å²) in [7, 11) is 0. The molecule has 1 aromatic carbocycles. The van der Waals surface area contributed by atoms with Crippen LogP contribution >= 0.6 is 0 Å². The van der Waals surface area contributed by atoms with Crippen molar-refractivity contribution in [2.24, 2.45) is 23.2 Å². The summed E-state index contributed by atoms with van der Waals surface area (Å²) in [6, 6.07) is 8.51. The predicted octanol–water partition coefficient (Wildman–Crippen LogP) is 5.25. The van der Waals surface area contributed by atoms with E-state index >= 15 is 0 Å². The Labute approximate surface area is 202 Å². The number of benzene rings is 1. The predicted molar refractivity (Wildman–Crippen MR) is 131 cm³/mol. The van der Waals surface area contributed by atoms with Crippen LogP contribution in [0.2, 0.25) is 0 Å². The summed E-state index contributed by atoms with van der Waals surface area (Å²) >= 11 is 0. The number of hydrogen-bond donors (Lipinski definition) is 0. The number of carbonyl (C=O) groups is 3. The van der Waals surface area contributed by atoms with Crippen molar-refractivity contribution < 1.29 is 14.4 Å². The standard InChI is InChI=1S/C29H36N2O3/c32-26-16-25(27(33)31(26)24-9-5-2-6-10-24)30(12-11-20-7-3-1-4-8-20)28(34)29-17-21-13-22(18-29)15-23(14-21)19-29/h2,5-7,9-10,21-23,25H,1,3-4,8,11-19H2. The van der Waals surface area contributed by atoms with Crippen molar-refractivity contribution in [1.29, 1.82) is 0 Å². The molecule has 0 radical (unpaired) electrons. The summed E-state index contributed by atoms with van der Waals surface area (Å²) in [5, 5.41) is 0. The molecule has 7 rings (SSSR count). The van der Waals surface area contributed by atoms with Crippen molar-refractivity contribution in [1.82, 2.24) is 4.90 Å². The van der Waals surface area contributed by atoms with Crippen LogP contribution in [0.3, 0.4) is 0 Å². The summed E-state index contributed by atoms with van der Waals surface area (Å²) in [4.78, 5) is 44.2. The van der Waals surface area contributed by atoms with Crippen LogP contribution in [-0.2, 0) is 14.4 Å². The van der Waals surface area contributed by atoms with Gasteiger partial charge in [0.1, 0.15) is 6.04 Å². The zero-order valence-corrected chi connectivity index (χ0v) is 20.1. The van der Waals surface area contributed by atoms with Gasteiger partial charge in [0.2, 0.25) is 11.8 Å². The maximum absolute atomic E-state index is 14.4. The van der Waals surface area contributed by atoms with Gasteiger partial charge in [0, 0.05) is 6.54 Å². The molecule has 1 atom stereocenters. The first-order valence-electron chi connectivity index (χ1n) is 13.4. The lowest BCUT2D eigenvalue weighted by Crippen LogP contribution is -2.57. The molecule has 0 aromatic heterocycles. The Kier molecular flexibility index (Phi) is 5.62. The van der Waals surface area contributed by atoms with Crippen LogP contribution in [-0.4, -0.2) is 35.2 Å². The van der Waals surface area contributed by atoms with E-state index in [9.17, 15) is 14.4 Å². The highest BCUT2D eigenvalue weighted by atomic mass is 16.2. The van der Waals surface area contributed by atoms with E-state index in [0.29, 0.717) is 30.0 Å². The Morgan fingerprint density at radius 3 is 2.26 bits per heavy atom. The number of imide groups is 1. The first kappa shape index (κ1) is 22.1. The molecule has 0 N–H and O–H groups in total. The van der Waals surface area contributed by atoms with Crippen LogP contribution in [0.1, 0.15) is 77.0 Å². The van der Waals surface area contributed by atoms with Crippen LogP contribution < -0.4 is 4.90 Å². The maximum atomic E-state index is 14.4. The van der Waals surface area contributed by atoms with E-state index in [1.807, 2.05) is 23.1 Å². The van der Waals surface area contributed by atoms with E-state index < -0.39 is 6.04 Å². The van der Waals surface area contributed by atoms with Gasteiger partial charge >= 0.3 is 0 Å². The topological polar surface area (TPSA) is 57.7 Å². The minimum Gasteiger partial charge on any atom is -0.329 e. The smallest absolute Gasteiger partial charge is 0.257 e. The molecule has 1 aromatic rings. The van der Waals surface area contributed by atoms with Crippen LogP contribution in [0.25, 0.3) is 0 Å². The van der Waals surface area contributed by atoms with Gasteiger partial charge < -0.3 is 4.90 Å². The number of amides is 3.